The van der Waals surface area contributed by atoms with E-state index in [2.05, 4.69) is 10.3 Å². The van der Waals surface area contributed by atoms with Gasteiger partial charge in [-0.15, -0.1) is 0 Å². The van der Waals surface area contributed by atoms with Gasteiger partial charge in [0.05, 0.1) is 40.4 Å². The van der Waals surface area contributed by atoms with E-state index in [4.69, 9.17) is 17.5 Å². The van der Waals surface area contributed by atoms with Crippen molar-refractivity contribution >= 4 is 47.2 Å². The average molecular weight is 642 g/mol. The number of rotatable bonds is 12. The van der Waals surface area contributed by atoms with Gasteiger partial charge in [0.2, 0.25) is 0 Å². The van der Waals surface area contributed by atoms with Gasteiger partial charge in [0, 0.05) is 31.1 Å². The van der Waals surface area contributed by atoms with Crippen molar-refractivity contribution in [3.05, 3.63) is 77.2 Å². The number of alkyl halides is 3. The fourth-order valence-electron chi connectivity index (χ4n) is 4.50. The number of amides is 1. The molecule has 1 amide bonds. The summed E-state index contributed by atoms with van der Waals surface area (Å²) in [4.78, 5) is 41.7. The number of hydrogen-bond acceptors (Lipinski definition) is 6. The van der Waals surface area contributed by atoms with E-state index >= 15 is 4.39 Å². The number of unbranched alkanes of at least 4 members (excludes halogenated alkanes) is 3. The molecular formula is C32H31F4N5O3S. The Labute approximate surface area is 263 Å². The normalized spacial score (nSPS) is 11.3. The van der Waals surface area contributed by atoms with Crippen molar-refractivity contribution in [2.24, 2.45) is 0 Å². The van der Waals surface area contributed by atoms with Crippen LogP contribution in [-0.2, 0) is 15.8 Å². The number of carbonyl (C=O) groups excluding carboxylic acids is 3. The molecule has 2 aromatic carbocycles. The van der Waals surface area contributed by atoms with E-state index in [1.54, 1.807) is 36.4 Å². The fourth-order valence-corrected chi connectivity index (χ4v) is 4.94. The zero-order valence-electron chi connectivity index (χ0n) is 24.8. The van der Waals surface area contributed by atoms with Gasteiger partial charge in [-0.05, 0) is 75.3 Å². The highest BCUT2D eigenvalue weighted by atomic mass is 32.1. The standard InChI is InChI=1S/C32H31F4N5O3S/c1-31(2,20-43)41(30(45)40(3)26-15-12-23(18-37)27(28(26)33)32(34,35)36)24-13-14-25(39-19-24)21-8-10-22(11-9-21)29(44)38-16-6-4-5-7-17-42/h8-15,17,19-20H,4-7,16H2,1-3H3,(H,38,44). The monoisotopic (exact) mass is 641 g/mol. The lowest BCUT2D eigenvalue weighted by atomic mass is 10.0. The number of nitrogens with zero attached hydrogens (tertiary/aromatic N) is 4. The van der Waals surface area contributed by atoms with E-state index in [0.717, 1.165) is 42.6 Å². The van der Waals surface area contributed by atoms with E-state index in [1.807, 2.05) is 0 Å². The summed E-state index contributed by atoms with van der Waals surface area (Å²) in [6.07, 6.45) is 0.647. The molecule has 0 saturated heterocycles. The number of thiocarbonyl (C=S) groups is 1. The molecule has 3 rings (SSSR count). The first kappa shape index (κ1) is 34.8. The van der Waals surface area contributed by atoms with Crippen LogP contribution in [-0.4, -0.2) is 47.7 Å². The van der Waals surface area contributed by atoms with Crippen LogP contribution in [0.4, 0.5) is 28.9 Å². The molecule has 13 heteroatoms. The molecule has 8 nitrogen and oxygen atoms in total. The minimum atomic E-state index is -5.13. The second kappa shape index (κ2) is 14.9. The molecule has 0 atom stereocenters. The minimum absolute atomic E-state index is 0.197. The van der Waals surface area contributed by atoms with Crippen molar-refractivity contribution in [2.75, 3.05) is 23.4 Å². The molecule has 0 aliphatic carbocycles. The lowest BCUT2D eigenvalue weighted by Gasteiger charge is -2.39. The number of anilines is 2. The first-order valence-corrected chi connectivity index (χ1v) is 14.3. The molecule has 1 N–H and O–H groups in total. The van der Waals surface area contributed by atoms with E-state index in [-0.39, 0.29) is 11.0 Å². The van der Waals surface area contributed by atoms with Crippen molar-refractivity contribution in [2.45, 2.75) is 51.2 Å². The first-order chi connectivity index (χ1) is 21.3. The van der Waals surface area contributed by atoms with Crippen LogP contribution in [0.3, 0.4) is 0 Å². The summed E-state index contributed by atoms with van der Waals surface area (Å²) in [5.74, 6) is -1.90. The Morgan fingerprint density at radius 3 is 2.29 bits per heavy atom. The van der Waals surface area contributed by atoms with Crippen LogP contribution >= 0.6 is 12.2 Å². The highest BCUT2D eigenvalue weighted by molar-refractivity contribution is 7.80. The number of nitriles is 1. The van der Waals surface area contributed by atoms with Crippen LogP contribution in [0.2, 0.25) is 0 Å². The summed E-state index contributed by atoms with van der Waals surface area (Å²) in [5, 5.41) is 11.7. The third-order valence-electron chi connectivity index (χ3n) is 6.96. The van der Waals surface area contributed by atoms with E-state index in [0.29, 0.717) is 41.8 Å². The number of carbonyl (C=O) groups is 3. The number of benzene rings is 2. The smallest absolute Gasteiger partial charge is 0.352 e. The van der Waals surface area contributed by atoms with Gasteiger partial charge in [0.1, 0.15) is 18.1 Å². The second-order valence-corrected chi connectivity index (χ2v) is 11.0. The SMILES string of the molecule is CN(C(=S)N(c1ccc(-c2ccc(C(=O)NCCCCCC=O)cc2)nc1)C(C)(C)C=O)c1ccc(C#N)c(C(F)(F)F)c1F. The van der Waals surface area contributed by atoms with Crippen molar-refractivity contribution in [3.8, 4) is 17.3 Å². The zero-order chi connectivity index (χ0) is 33.4. The van der Waals surface area contributed by atoms with Gasteiger partial charge >= 0.3 is 6.18 Å². The Balaban J connectivity index is 1.84. The zero-order valence-corrected chi connectivity index (χ0v) is 25.6. The quantitative estimate of drug-likeness (QED) is 0.104. The molecular weight excluding hydrogens is 610 g/mol. The van der Waals surface area contributed by atoms with Gasteiger partial charge in [-0.1, -0.05) is 18.6 Å². The molecule has 0 saturated carbocycles. The van der Waals surface area contributed by atoms with E-state index in [9.17, 15) is 27.6 Å². The van der Waals surface area contributed by atoms with Crippen molar-refractivity contribution in [1.29, 1.82) is 5.26 Å². The average Bonchev–Trinajstić information content (AvgIpc) is 3.01. The summed E-state index contributed by atoms with van der Waals surface area (Å²) in [6.45, 7) is 3.55. The molecule has 1 aromatic heterocycles. The summed E-state index contributed by atoms with van der Waals surface area (Å²) in [7, 11) is 1.26. The summed E-state index contributed by atoms with van der Waals surface area (Å²) >= 11 is 5.56. The van der Waals surface area contributed by atoms with Gasteiger partial charge in [0.15, 0.2) is 10.9 Å². The van der Waals surface area contributed by atoms with Crippen molar-refractivity contribution in [3.63, 3.8) is 0 Å². The lowest BCUT2D eigenvalue weighted by molar-refractivity contribution is -0.140. The highest BCUT2D eigenvalue weighted by Crippen LogP contribution is 2.38. The van der Waals surface area contributed by atoms with Crippen LogP contribution in [0.5, 0.6) is 0 Å². The van der Waals surface area contributed by atoms with Gasteiger partial charge in [-0.2, -0.15) is 18.4 Å². The Morgan fingerprint density at radius 2 is 1.73 bits per heavy atom. The maximum absolute atomic E-state index is 15.2. The predicted molar refractivity (Wildman–Crippen MR) is 166 cm³/mol. The summed E-state index contributed by atoms with van der Waals surface area (Å²) in [5.41, 5.74) is -2.47. The molecule has 236 valence electrons. The summed E-state index contributed by atoms with van der Waals surface area (Å²) in [6, 6.07) is 13.2. The van der Waals surface area contributed by atoms with Crippen LogP contribution in [0.15, 0.2) is 54.7 Å². The number of pyridine rings is 1. The third-order valence-corrected chi connectivity index (χ3v) is 7.42. The van der Waals surface area contributed by atoms with E-state index in [1.165, 1.54) is 38.1 Å². The topological polar surface area (TPSA) is 106 Å². The third kappa shape index (κ3) is 8.27. The number of nitrogens with one attached hydrogen (secondary N) is 1. The molecule has 45 heavy (non-hydrogen) atoms. The Morgan fingerprint density at radius 1 is 1.04 bits per heavy atom. The molecule has 0 spiro atoms. The summed E-state index contributed by atoms with van der Waals surface area (Å²) < 4.78 is 56.0. The van der Waals surface area contributed by atoms with Crippen LogP contribution in [0.25, 0.3) is 11.3 Å². The second-order valence-electron chi connectivity index (χ2n) is 10.6. The molecule has 1 heterocycles. The predicted octanol–water partition coefficient (Wildman–Crippen LogP) is 6.47. The molecule has 0 bridgehead atoms. The minimum Gasteiger partial charge on any atom is -0.352 e. The maximum Gasteiger partial charge on any atom is 0.420 e. The molecule has 0 unspecified atom stereocenters. The Hall–Kier alpha value is -4.70. The first-order valence-electron chi connectivity index (χ1n) is 13.9. The molecule has 0 aliphatic rings. The maximum atomic E-state index is 15.2. The van der Waals surface area contributed by atoms with Crippen molar-refractivity contribution < 1.29 is 31.9 Å². The van der Waals surface area contributed by atoms with Gasteiger partial charge in [-0.3, -0.25) is 9.78 Å². The number of halogens is 4. The van der Waals surface area contributed by atoms with Gasteiger partial charge in [0.25, 0.3) is 5.91 Å². The molecule has 0 radical (unpaired) electrons. The number of aldehydes is 2. The fraction of sp³-hybridized carbons (Fsp3) is 0.312. The van der Waals surface area contributed by atoms with Gasteiger partial charge < -0.3 is 24.7 Å². The van der Waals surface area contributed by atoms with E-state index < -0.39 is 34.3 Å². The van der Waals surface area contributed by atoms with Crippen LogP contribution in [0.1, 0.15) is 61.0 Å². The highest BCUT2D eigenvalue weighted by Gasteiger charge is 2.40. The molecule has 3 aromatic rings. The lowest BCUT2D eigenvalue weighted by Crippen LogP contribution is -2.54. The largest absolute Gasteiger partial charge is 0.420 e. The molecule has 0 aliphatic heterocycles. The van der Waals surface area contributed by atoms with Crippen LogP contribution < -0.4 is 15.1 Å². The van der Waals surface area contributed by atoms with Crippen LogP contribution in [0, 0.1) is 17.1 Å². The Kier molecular flexibility index (Phi) is 11.5. The Bertz CT molecular complexity index is 1590. The van der Waals surface area contributed by atoms with Crippen molar-refractivity contribution in [1.82, 2.24) is 10.3 Å². The molecule has 0 fully saturated rings. The number of aromatic nitrogens is 1. The number of hydrogen-bond donors (Lipinski definition) is 1. The van der Waals surface area contributed by atoms with Gasteiger partial charge in [-0.25, -0.2) is 4.39 Å².